The molecule has 1 amide bonds. The zero-order valence-electron chi connectivity index (χ0n) is 19.8. The summed E-state index contributed by atoms with van der Waals surface area (Å²) >= 11 is 0. The molecule has 5 rings (SSSR count). The van der Waals surface area contributed by atoms with E-state index in [2.05, 4.69) is 43.6 Å². The molecule has 1 saturated heterocycles. The molecular formula is C26H24N8O2. The molecule has 1 N–H and O–H groups in total. The highest BCUT2D eigenvalue weighted by Crippen LogP contribution is 2.25. The fourth-order valence-corrected chi connectivity index (χ4v) is 3.98. The molecular weight excluding hydrogens is 456 g/mol. The average Bonchev–Trinajstić information content (AvgIpc) is 3.62. The number of aryl methyl sites for hydroxylation is 1. The van der Waals surface area contributed by atoms with Crippen molar-refractivity contribution in [3.05, 3.63) is 71.7 Å². The number of nitrogens with zero attached hydrogens (tertiary/aromatic N) is 7. The molecule has 1 aliphatic heterocycles. The Hall–Kier alpha value is -4.49. The lowest BCUT2D eigenvalue weighted by Gasteiger charge is -2.11. The minimum Gasteiger partial charge on any atom is -0.368 e. The van der Waals surface area contributed by atoms with Crippen LogP contribution in [0.2, 0.25) is 0 Å². The summed E-state index contributed by atoms with van der Waals surface area (Å²) < 4.78 is 7.18. The normalized spacial score (nSPS) is 14.9. The molecule has 36 heavy (non-hydrogen) atoms. The summed E-state index contributed by atoms with van der Waals surface area (Å²) in [7, 11) is 0. The molecule has 0 radical (unpaired) electrons. The number of hydrogen-bond donors (Lipinski definition) is 1. The molecule has 1 atom stereocenters. The van der Waals surface area contributed by atoms with Crippen LogP contribution in [0.25, 0.3) is 22.6 Å². The van der Waals surface area contributed by atoms with Gasteiger partial charge in [-0.2, -0.15) is 5.26 Å². The van der Waals surface area contributed by atoms with E-state index in [0.29, 0.717) is 42.2 Å². The average molecular weight is 481 g/mol. The molecule has 0 aliphatic carbocycles. The number of ether oxygens (including phenoxy) is 1. The maximum Gasteiger partial charge on any atom is 0.255 e. The lowest BCUT2D eigenvalue weighted by Crippen LogP contribution is -2.27. The Labute approximate surface area is 208 Å². The molecule has 3 aromatic heterocycles. The van der Waals surface area contributed by atoms with Crippen LogP contribution in [0.4, 0.5) is 5.95 Å². The Bertz CT molecular complexity index is 1440. The van der Waals surface area contributed by atoms with Crippen molar-refractivity contribution in [2.24, 2.45) is 0 Å². The van der Waals surface area contributed by atoms with Gasteiger partial charge in [0, 0.05) is 17.9 Å². The van der Waals surface area contributed by atoms with Crippen molar-refractivity contribution in [3.63, 3.8) is 0 Å². The molecule has 10 heteroatoms. The number of aromatic nitrogens is 6. The van der Waals surface area contributed by atoms with Gasteiger partial charge < -0.3 is 4.74 Å². The van der Waals surface area contributed by atoms with E-state index >= 15 is 0 Å². The second kappa shape index (κ2) is 10.4. The number of rotatable bonds is 7. The Morgan fingerprint density at radius 1 is 1.11 bits per heavy atom. The van der Waals surface area contributed by atoms with Crippen molar-refractivity contribution in [2.45, 2.75) is 38.8 Å². The molecule has 180 valence electrons. The van der Waals surface area contributed by atoms with E-state index in [0.717, 1.165) is 29.8 Å². The van der Waals surface area contributed by atoms with Crippen molar-refractivity contribution in [3.8, 4) is 28.7 Å². The second-order valence-electron chi connectivity index (χ2n) is 8.42. The van der Waals surface area contributed by atoms with Gasteiger partial charge in [0.25, 0.3) is 5.91 Å². The molecule has 10 nitrogen and oxygen atoms in total. The summed E-state index contributed by atoms with van der Waals surface area (Å²) in [4.78, 5) is 26.4. The maximum atomic E-state index is 12.7. The largest absolute Gasteiger partial charge is 0.368 e. The highest BCUT2D eigenvalue weighted by atomic mass is 16.5. The number of pyridine rings is 1. The van der Waals surface area contributed by atoms with E-state index in [-0.39, 0.29) is 11.9 Å². The molecule has 0 spiro atoms. The fourth-order valence-electron chi connectivity index (χ4n) is 3.98. The molecule has 0 bridgehead atoms. The van der Waals surface area contributed by atoms with Gasteiger partial charge in [0.15, 0.2) is 0 Å². The fraction of sp³-hybridized carbons (Fsp3) is 0.269. The Morgan fingerprint density at radius 2 is 1.94 bits per heavy atom. The Kier molecular flexibility index (Phi) is 6.73. The monoisotopic (exact) mass is 480 g/mol. The first-order valence-electron chi connectivity index (χ1n) is 11.8. The summed E-state index contributed by atoms with van der Waals surface area (Å²) in [5.41, 5.74) is 4.68. The number of anilines is 1. The molecule has 1 fully saturated rings. The molecule has 0 saturated carbocycles. The summed E-state index contributed by atoms with van der Waals surface area (Å²) in [5.74, 6) is -0.149. The van der Waals surface area contributed by atoms with E-state index in [1.54, 1.807) is 35.1 Å². The minimum absolute atomic E-state index is 0.136. The first-order chi connectivity index (χ1) is 17.6. The molecule has 1 aliphatic rings. The van der Waals surface area contributed by atoms with Gasteiger partial charge in [0.1, 0.15) is 11.8 Å². The number of carbonyl (C=O) groups is 1. The Morgan fingerprint density at radius 3 is 2.75 bits per heavy atom. The van der Waals surface area contributed by atoms with Crippen LogP contribution < -0.4 is 5.32 Å². The third-order valence-electron chi connectivity index (χ3n) is 5.82. The smallest absolute Gasteiger partial charge is 0.255 e. The van der Waals surface area contributed by atoms with Crippen molar-refractivity contribution in [1.82, 2.24) is 29.9 Å². The zero-order valence-corrected chi connectivity index (χ0v) is 19.8. The van der Waals surface area contributed by atoms with Crippen LogP contribution in [0.5, 0.6) is 0 Å². The topological polar surface area (TPSA) is 132 Å². The van der Waals surface area contributed by atoms with Gasteiger partial charge in [-0.15, -0.1) is 5.10 Å². The third kappa shape index (κ3) is 5.26. The number of nitriles is 1. The van der Waals surface area contributed by atoms with Crippen molar-refractivity contribution < 1.29 is 9.53 Å². The van der Waals surface area contributed by atoms with E-state index in [9.17, 15) is 10.1 Å². The number of benzene rings is 1. The number of nitrogens with one attached hydrogen (secondary N) is 1. The van der Waals surface area contributed by atoms with Gasteiger partial charge in [-0.05, 0) is 49.6 Å². The van der Waals surface area contributed by atoms with E-state index < -0.39 is 6.10 Å². The summed E-state index contributed by atoms with van der Waals surface area (Å²) in [5, 5.41) is 20.6. The first kappa shape index (κ1) is 23.3. The maximum absolute atomic E-state index is 12.7. The molecule has 4 heterocycles. The third-order valence-corrected chi connectivity index (χ3v) is 5.82. The van der Waals surface area contributed by atoms with Crippen LogP contribution in [0.15, 0.2) is 54.7 Å². The molecule has 1 unspecified atom stereocenters. The van der Waals surface area contributed by atoms with Crippen molar-refractivity contribution in [1.29, 1.82) is 5.26 Å². The van der Waals surface area contributed by atoms with Crippen LogP contribution in [-0.4, -0.2) is 48.6 Å². The van der Waals surface area contributed by atoms with E-state index in [1.807, 2.05) is 24.3 Å². The van der Waals surface area contributed by atoms with E-state index in [4.69, 9.17) is 4.74 Å². The van der Waals surface area contributed by atoms with Gasteiger partial charge in [-0.1, -0.05) is 30.3 Å². The highest BCUT2D eigenvalue weighted by molar-refractivity contribution is 5.93. The predicted molar refractivity (Wildman–Crippen MR) is 132 cm³/mol. The molecule has 4 aromatic rings. The van der Waals surface area contributed by atoms with Crippen molar-refractivity contribution >= 4 is 11.9 Å². The quantitative estimate of drug-likeness (QED) is 0.426. The molecule has 1 aromatic carbocycles. The summed E-state index contributed by atoms with van der Waals surface area (Å²) in [6, 6.07) is 16.9. The van der Waals surface area contributed by atoms with Crippen LogP contribution in [0.1, 0.15) is 36.7 Å². The van der Waals surface area contributed by atoms with Crippen LogP contribution in [0, 0.1) is 11.3 Å². The zero-order chi connectivity index (χ0) is 24.9. The van der Waals surface area contributed by atoms with Crippen LogP contribution in [-0.2, 0) is 22.5 Å². The SMILES string of the molecule is CCc1cccc(Cn2cc(-c3cc(-c4cccc(C#N)c4)nc(NC(=O)C4CCCO4)n3)nn2)n1. The van der Waals surface area contributed by atoms with Crippen LogP contribution in [0.3, 0.4) is 0 Å². The van der Waals surface area contributed by atoms with Crippen LogP contribution >= 0.6 is 0 Å². The lowest BCUT2D eigenvalue weighted by atomic mass is 10.1. The summed E-state index contributed by atoms with van der Waals surface area (Å²) in [6.07, 6.45) is 3.61. The van der Waals surface area contributed by atoms with E-state index in [1.165, 1.54) is 0 Å². The van der Waals surface area contributed by atoms with Crippen molar-refractivity contribution in [2.75, 3.05) is 11.9 Å². The van der Waals surface area contributed by atoms with Gasteiger partial charge >= 0.3 is 0 Å². The van der Waals surface area contributed by atoms with Gasteiger partial charge in [-0.25, -0.2) is 14.6 Å². The standard InChI is InChI=1S/C26H24N8O2/c1-2-19-8-4-9-20(28-19)15-34-16-23(32-33-34)22-13-21(18-7-3-6-17(12-18)14-27)29-26(30-22)31-25(35)24-10-5-11-36-24/h3-4,6-9,12-13,16,24H,2,5,10-11,15H2,1H3,(H,29,30,31,35). The van der Waals surface area contributed by atoms with Gasteiger partial charge in [-0.3, -0.25) is 15.1 Å². The minimum atomic E-state index is -0.519. The lowest BCUT2D eigenvalue weighted by molar-refractivity contribution is -0.124. The predicted octanol–water partition coefficient (Wildman–Crippen LogP) is 3.40. The van der Waals surface area contributed by atoms with Gasteiger partial charge in [0.05, 0.1) is 41.5 Å². The number of amides is 1. The highest BCUT2D eigenvalue weighted by Gasteiger charge is 2.25. The number of carbonyl (C=O) groups excluding carboxylic acids is 1. The summed E-state index contributed by atoms with van der Waals surface area (Å²) in [6.45, 7) is 3.09. The first-order valence-corrected chi connectivity index (χ1v) is 11.8. The Balaban J connectivity index is 1.47. The second-order valence-corrected chi connectivity index (χ2v) is 8.42. The van der Waals surface area contributed by atoms with Gasteiger partial charge in [0.2, 0.25) is 5.95 Å². The number of hydrogen-bond acceptors (Lipinski definition) is 8.